The number of rotatable bonds is 5. The molecule has 2 N–H and O–H groups in total. The first-order chi connectivity index (χ1) is 9.28. The number of nitrogens with zero attached hydrogens (tertiary/aromatic N) is 1. The third-order valence-electron chi connectivity index (χ3n) is 4.26. The number of carbonyl (C=O) groups excluding carboxylic acids is 1. The van der Waals surface area contributed by atoms with E-state index in [4.69, 9.17) is 4.74 Å². The van der Waals surface area contributed by atoms with E-state index in [1.54, 1.807) is 0 Å². The van der Waals surface area contributed by atoms with E-state index in [1.807, 2.05) is 7.05 Å². The molecule has 0 spiro atoms. The van der Waals surface area contributed by atoms with Crippen LogP contribution in [0.25, 0.3) is 0 Å². The van der Waals surface area contributed by atoms with Crippen molar-refractivity contribution in [3.05, 3.63) is 0 Å². The molecule has 19 heavy (non-hydrogen) atoms. The van der Waals surface area contributed by atoms with Crippen molar-refractivity contribution < 1.29 is 9.53 Å². The Bertz CT molecular complexity index is 272. The van der Waals surface area contributed by atoms with Crippen LogP contribution < -0.4 is 10.6 Å². The molecule has 0 atom stereocenters. The Morgan fingerprint density at radius 1 is 1.16 bits per heavy atom. The molecule has 0 aromatic carbocycles. The highest BCUT2D eigenvalue weighted by atomic mass is 16.5. The zero-order valence-electron chi connectivity index (χ0n) is 12.0. The van der Waals surface area contributed by atoms with Crippen LogP contribution in [0.15, 0.2) is 0 Å². The fraction of sp³-hybridized carbons (Fsp3) is 0.929. The van der Waals surface area contributed by atoms with Crippen molar-refractivity contribution in [1.29, 1.82) is 0 Å². The molecule has 0 bridgehead atoms. The van der Waals surface area contributed by atoms with E-state index in [9.17, 15) is 4.79 Å². The average molecular weight is 269 g/mol. The van der Waals surface area contributed by atoms with Crippen molar-refractivity contribution in [3.8, 4) is 0 Å². The Kier molecular flexibility index (Phi) is 6.07. The van der Waals surface area contributed by atoms with Gasteiger partial charge in [0.05, 0.1) is 13.2 Å². The Balaban J connectivity index is 1.59. The van der Waals surface area contributed by atoms with E-state index in [2.05, 4.69) is 15.5 Å². The van der Waals surface area contributed by atoms with Gasteiger partial charge in [0.25, 0.3) is 0 Å². The summed E-state index contributed by atoms with van der Waals surface area (Å²) in [6.45, 7) is 4.38. The Morgan fingerprint density at radius 2 is 1.79 bits per heavy atom. The van der Waals surface area contributed by atoms with E-state index in [0.717, 1.165) is 45.7 Å². The van der Waals surface area contributed by atoms with Crippen molar-refractivity contribution in [1.82, 2.24) is 15.5 Å². The first kappa shape index (κ1) is 14.8. The first-order valence-electron chi connectivity index (χ1n) is 7.54. The largest absolute Gasteiger partial charge is 0.379 e. The van der Waals surface area contributed by atoms with Gasteiger partial charge in [-0.25, -0.2) is 0 Å². The van der Waals surface area contributed by atoms with Crippen molar-refractivity contribution in [2.45, 2.75) is 44.2 Å². The summed E-state index contributed by atoms with van der Waals surface area (Å²) in [4.78, 5) is 14.2. The lowest BCUT2D eigenvalue weighted by Crippen LogP contribution is -2.43. The second-order valence-corrected chi connectivity index (χ2v) is 5.61. The highest BCUT2D eigenvalue weighted by Crippen LogP contribution is 2.18. The molecule has 2 fully saturated rings. The SMILES string of the molecule is CNC1CCC(NC(=O)CCN2CCOCC2)CC1. The van der Waals surface area contributed by atoms with Crippen LogP contribution in [-0.2, 0) is 9.53 Å². The van der Waals surface area contributed by atoms with Crippen molar-refractivity contribution in [3.63, 3.8) is 0 Å². The summed E-state index contributed by atoms with van der Waals surface area (Å²) in [6, 6.07) is 1.03. The van der Waals surface area contributed by atoms with E-state index in [1.165, 1.54) is 12.8 Å². The van der Waals surface area contributed by atoms with Crippen LogP contribution in [0.5, 0.6) is 0 Å². The fourth-order valence-corrected chi connectivity index (χ4v) is 2.91. The minimum absolute atomic E-state index is 0.208. The van der Waals surface area contributed by atoms with Crippen molar-refractivity contribution in [2.75, 3.05) is 39.9 Å². The van der Waals surface area contributed by atoms with Gasteiger partial charge in [-0.2, -0.15) is 0 Å². The van der Waals surface area contributed by atoms with Crippen LogP contribution in [0.3, 0.4) is 0 Å². The molecule has 110 valence electrons. The Hall–Kier alpha value is -0.650. The minimum Gasteiger partial charge on any atom is -0.379 e. The summed E-state index contributed by atoms with van der Waals surface area (Å²) in [7, 11) is 2.02. The van der Waals surface area contributed by atoms with Gasteiger partial charge in [0, 0.05) is 38.1 Å². The van der Waals surface area contributed by atoms with Gasteiger partial charge in [0.1, 0.15) is 0 Å². The van der Waals surface area contributed by atoms with Gasteiger partial charge in [-0.15, -0.1) is 0 Å². The second kappa shape index (κ2) is 7.82. The number of morpholine rings is 1. The zero-order valence-corrected chi connectivity index (χ0v) is 12.0. The molecule has 1 saturated carbocycles. The lowest BCUT2D eigenvalue weighted by molar-refractivity contribution is -0.122. The quantitative estimate of drug-likeness (QED) is 0.756. The molecular formula is C14H27N3O2. The maximum absolute atomic E-state index is 11.9. The lowest BCUT2D eigenvalue weighted by atomic mass is 9.91. The molecule has 2 aliphatic rings. The summed E-state index contributed by atoms with van der Waals surface area (Å²) in [5.74, 6) is 0.208. The molecule has 1 heterocycles. The highest BCUT2D eigenvalue weighted by Gasteiger charge is 2.21. The van der Waals surface area contributed by atoms with Crippen molar-refractivity contribution >= 4 is 5.91 Å². The predicted molar refractivity (Wildman–Crippen MR) is 75.1 cm³/mol. The van der Waals surface area contributed by atoms with Gasteiger partial charge in [0.15, 0.2) is 0 Å². The first-order valence-corrected chi connectivity index (χ1v) is 7.54. The van der Waals surface area contributed by atoms with E-state index in [-0.39, 0.29) is 5.91 Å². The van der Waals surface area contributed by atoms with Gasteiger partial charge in [0.2, 0.25) is 5.91 Å². The van der Waals surface area contributed by atoms with Gasteiger partial charge in [-0.05, 0) is 32.7 Å². The number of ether oxygens (including phenoxy) is 1. The van der Waals surface area contributed by atoms with Gasteiger partial charge >= 0.3 is 0 Å². The monoisotopic (exact) mass is 269 g/mol. The maximum Gasteiger partial charge on any atom is 0.221 e. The number of hydrogen-bond donors (Lipinski definition) is 2. The van der Waals surface area contributed by atoms with Gasteiger partial charge < -0.3 is 15.4 Å². The third-order valence-corrected chi connectivity index (χ3v) is 4.26. The van der Waals surface area contributed by atoms with Gasteiger partial charge in [-0.3, -0.25) is 9.69 Å². The Labute approximate surface area is 116 Å². The molecule has 1 saturated heterocycles. The van der Waals surface area contributed by atoms with Crippen molar-refractivity contribution in [2.24, 2.45) is 0 Å². The minimum atomic E-state index is 0.208. The fourth-order valence-electron chi connectivity index (χ4n) is 2.91. The molecule has 1 aliphatic carbocycles. The van der Waals surface area contributed by atoms with E-state index < -0.39 is 0 Å². The molecule has 0 radical (unpaired) electrons. The van der Waals surface area contributed by atoms with Crippen LogP contribution in [0.2, 0.25) is 0 Å². The molecule has 2 rings (SSSR count). The molecule has 0 unspecified atom stereocenters. The highest BCUT2D eigenvalue weighted by molar-refractivity contribution is 5.76. The topological polar surface area (TPSA) is 53.6 Å². The second-order valence-electron chi connectivity index (χ2n) is 5.61. The smallest absolute Gasteiger partial charge is 0.221 e. The lowest BCUT2D eigenvalue weighted by Gasteiger charge is -2.29. The van der Waals surface area contributed by atoms with Crippen LogP contribution >= 0.6 is 0 Å². The van der Waals surface area contributed by atoms with Crippen LogP contribution in [-0.4, -0.2) is 62.8 Å². The zero-order chi connectivity index (χ0) is 13.5. The number of carbonyl (C=O) groups is 1. The van der Waals surface area contributed by atoms with Crippen LogP contribution in [0.4, 0.5) is 0 Å². The predicted octanol–water partition coefficient (Wildman–Crippen LogP) is 0.356. The van der Waals surface area contributed by atoms with E-state index in [0.29, 0.717) is 18.5 Å². The molecule has 1 amide bonds. The molecule has 0 aromatic heterocycles. The molecule has 1 aliphatic heterocycles. The van der Waals surface area contributed by atoms with Crippen LogP contribution in [0, 0.1) is 0 Å². The number of amides is 1. The summed E-state index contributed by atoms with van der Waals surface area (Å²) in [5, 5.41) is 6.49. The number of hydrogen-bond acceptors (Lipinski definition) is 4. The normalized spacial score (nSPS) is 29.1. The molecule has 0 aromatic rings. The average Bonchev–Trinajstić information content (AvgIpc) is 2.47. The summed E-state index contributed by atoms with van der Waals surface area (Å²) < 4.78 is 5.30. The Morgan fingerprint density at radius 3 is 2.42 bits per heavy atom. The number of nitrogens with one attached hydrogen (secondary N) is 2. The summed E-state index contributed by atoms with van der Waals surface area (Å²) in [6.07, 6.45) is 5.17. The third kappa shape index (κ3) is 5.09. The van der Waals surface area contributed by atoms with Crippen LogP contribution in [0.1, 0.15) is 32.1 Å². The molecule has 5 heteroatoms. The standard InChI is InChI=1S/C14H27N3O2/c1-15-12-2-4-13(5-3-12)16-14(18)6-7-17-8-10-19-11-9-17/h12-13,15H,2-11H2,1H3,(H,16,18). The summed E-state index contributed by atoms with van der Waals surface area (Å²) >= 11 is 0. The summed E-state index contributed by atoms with van der Waals surface area (Å²) in [5.41, 5.74) is 0. The van der Waals surface area contributed by atoms with Gasteiger partial charge in [-0.1, -0.05) is 0 Å². The molecule has 5 nitrogen and oxygen atoms in total. The maximum atomic E-state index is 11.9. The molecular weight excluding hydrogens is 242 g/mol. The van der Waals surface area contributed by atoms with E-state index >= 15 is 0 Å².